The number of fused-ring (bicyclic) bond motifs is 3. The van der Waals surface area contributed by atoms with E-state index in [1.54, 1.807) is 6.92 Å². The number of nitrogens with zero attached hydrogens (tertiary/aromatic N) is 2. The van der Waals surface area contributed by atoms with Gasteiger partial charge in [0.15, 0.2) is 0 Å². The van der Waals surface area contributed by atoms with Crippen molar-refractivity contribution in [2.45, 2.75) is 46.1 Å². The minimum Gasteiger partial charge on any atom is -0.512 e. The van der Waals surface area contributed by atoms with Gasteiger partial charge in [-0.3, -0.25) is 0 Å². The molecule has 1 aliphatic rings. The highest BCUT2D eigenvalue weighted by atomic mass is 16.3. The average molecular weight is 409 g/mol. The zero-order valence-electron chi connectivity index (χ0n) is 18.2. The second kappa shape index (κ2) is 8.07. The molecule has 1 aliphatic carbocycles. The number of hydrogen-bond acceptors (Lipinski definition) is 2. The summed E-state index contributed by atoms with van der Waals surface area (Å²) in [6, 6.07) is 23.6. The summed E-state index contributed by atoms with van der Waals surface area (Å²) in [5, 5.41) is 10.6. The van der Waals surface area contributed by atoms with Crippen LogP contribution in [0.25, 0.3) is 16.6 Å². The Morgan fingerprint density at radius 3 is 2.52 bits per heavy atom. The first-order chi connectivity index (χ1) is 15.2. The molecule has 0 saturated heterocycles. The second-order valence-electron chi connectivity index (χ2n) is 8.46. The fraction of sp³-hybridized carbons (Fsp3) is 0.250. The Morgan fingerprint density at radius 1 is 0.935 bits per heavy atom. The topological polar surface area (TPSA) is 38.0 Å². The summed E-state index contributed by atoms with van der Waals surface area (Å²) in [7, 11) is 0. The number of benzene rings is 3. The van der Waals surface area contributed by atoms with Crippen molar-refractivity contribution in [3.05, 3.63) is 106 Å². The highest BCUT2D eigenvalue weighted by Gasteiger charge is 2.20. The van der Waals surface area contributed by atoms with Gasteiger partial charge in [0.25, 0.3) is 0 Å². The molecule has 0 atom stereocenters. The summed E-state index contributed by atoms with van der Waals surface area (Å²) in [5.74, 6) is 1.53. The van der Waals surface area contributed by atoms with Crippen molar-refractivity contribution in [3.63, 3.8) is 0 Å². The molecule has 0 bridgehead atoms. The molecule has 3 aromatic carbocycles. The van der Waals surface area contributed by atoms with Gasteiger partial charge < -0.3 is 9.67 Å². The number of allylic oxidation sites excluding steroid dienone is 1. The molecule has 1 aromatic heterocycles. The molecular weight excluding hydrogens is 380 g/mol. The lowest BCUT2D eigenvalue weighted by molar-refractivity contribution is 0.417. The van der Waals surface area contributed by atoms with E-state index in [0.29, 0.717) is 5.76 Å². The van der Waals surface area contributed by atoms with Crippen LogP contribution < -0.4 is 0 Å². The van der Waals surface area contributed by atoms with Gasteiger partial charge in [0, 0.05) is 18.5 Å². The van der Waals surface area contributed by atoms with Gasteiger partial charge in [-0.1, -0.05) is 61.5 Å². The smallest absolute Gasteiger partial charge is 0.110 e. The summed E-state index contributed by atoms with van der Waals surface area (Å²) in [6.07, 6.45) is 4.02. The van der Waals surface area contributed by atoms with Gasteiger partial charge in [-0.15, -0.1) is 0 Å². The average Bonchev–Trinajstić information content (AvgIpc) is 3.01. The third kappa shape index (κ3) is 3.54. The Bertz CT molecular complexity index is 1290. The number of aliphatic hydroxyl groups is 1. The molecule has 0 amide bonds. The van der Waals surface area contributed by atoms with E-state index < -0.39 is 0 Å². The predicted octanol–water partition coefficient (Wildman–Crippen LogP) is 6.47. The van der Waals surface area contributed by atoms with Crippen molar-refractivity contribution in [1.82, 2.24) is 9.55 Å². The van der Waals surface area contributed by atoms with Crippen LogP contribution in [-0.4, -0.2) is 14.7 Å². The molecule has 31 heavy (non-hydrogen) atoms. The summed E-state index contributed by atoms with van der Waals surface area (Å²) in [4.78, 5) is 4.89. The minimum atomic E-state index is 0.384. The molecule has 3 nitrogen and oxygen atoms in total. The van der Waals surface area contributed by atoms with Crippen molar-refractivity contribution in [2.75, 3.05) is 0 Å². The fourth-order valence-electron chi connectivity index (χ4n) is 4.88. The Labute approximate surface area is 183 Å². The van der Waals surface area contributed by atoms with Gasteiger partial charge in [-0.2, -0.15) is 0 Å². The maximum Gasteiger partial charge on any atom is 0.110 e. The van der Waals surface area contributed by atoms with E-state index in [2.05, 4.69) is 78.2 Å². The van der Waals surface area contributed by atoms with Crippen molar-refractivity contribution < 1.29 is 5.11 Å². The molecular formula is C28H28N2O. The number of aryl methyl sites for hydroxylation is 3. The highest BCUT2D eigenvalue weighted by molar-refractivity contribution is 5.85. The number of rotatable bonds is 4. The van der Waals surface area contributed by atoms with Gasteiger partial charge in [0.05, 0.1) is 16.8 Å². The maximum absolute atomic E-state index is 10.6. The van der Waals surface area contributed by atoms with Crippen molar-refractivity contribution in [3.8, 4) is 0 Å². The number of aliphatic hydroxyl groups excluding tert-OH is 1. The van der Waals surface area contributed by atoms with Gasteiger partial charge in [-0.25, -0.2) is 4.98 Å². The molecule has 1 heterocycles. The SMILES string of the molecule is CCCc1nc2ccccc2n1Cc1ccc2c(c1)CCc1ccccc1/C2=C(/C)O. The largest absolute Gasteiger partial charge is 0.512 e. The van der Waals surface area contributed by atoms with Crippen LogP contribution >= 0.6 is 0 Å². The molecule has 0 radical (unpaired) electrons. The first-order valence-corrected chi connectivity index (χ1v) is 11.2. The van der Waals surface area contributed by atoms with Crippen molar-refractivity contribution in [1.29, 1.82) is 0 Å². The maximum atomic E-state index is 10.6. The highest BCUT2D eigenvalue weighted by Crippen LogP contribution is 2.35. The van der Waals surface area contributed by atoms with Gasteiger partial charge in [-0.05, 0) is 66.1 Å². The quantitative estimate of drug-likeness (QED) is 0.393. The van der Waals surface area contributed by atoms with Crippen LogP contribution in [0.15, 0.2) is 72.5 Å². The fourth-order valence-corrected chi connectivity index (χ4v) is 4.88. The summed E-state index contributed by atoms with van der Waals surface area (Å²) in [6.45, 7) is 4.81. The first kappa shape index (κ1) is 19.6. The first-order valence-electron chi connectivity index (χ1n) is 11.2. The zero-order chi connectivity index (χ0) is 21.4. The summed E-state index contributed by atoms with van der Waals surface area (Å²) in [5.41, 5.74) is 9.41. The van der Waals surface area contributed by atoms with Gasteiger partial charge in [0.1, 0.15) is 5.82 Å². The normalized spacial score (nSPS) is 14.8. The van der Waals surface area contributed by atoms with Crippen LogP contribution in [0.2, 0.25) is 0 Å². The van der Waals surface area contributed by atoms with Crippen LogP contribution in [0.3, 0.4) is 0 Å². The van der Waals surface area contributed by atoms with E-state index >= 15 is 0 Å². The Balaban J connectivity index is 1.58. The Hall–Kier alpha value is -3.33. The lowest BCUT2D eigenvalue weighted by Crippen LogP contribution is -2.06. The van der Waals surface area contributed by atoms with E-state index in [-0.39, 0.29) is 0 Å². The predicted molar refractivity (Wildman–Crippen MR) is 127 cm³/mol. The molecule has 1 N–H and O–H groups in total. The van der Waals surface area contributed by atoms with Crippen molar-refractivity contribution >= 4 is 16.6 Å². The van der Waals surface area contributed by atoms with Gasteiger partial charge in [0.2, 0.25) is 0 Å². The number of imidazole rings is 1. The molecule has 3 heteroatoms. The summed E-state index contributed by atoms with van der Waals surface area (Å²) >= 11 is 0. The van der Waals surface area contributed by atoms with Crippen LogP contribution in [0.1, 0.15) is 53.9 Å². The Morgan fingerprint density at radius 2 is 1.68 bits per heavy atom. The monoisotopic (exact) mass is 408 g/mol. The molecule has 0 fully saturated rings. The van der Waals surface area contributed by atoms with Crippen LogP contribution in [0.5, 0.6) is 0 Å². The molecule has 156 valence electrons. The van der Waals surface area contributed by atoms with E-state index in [1.165, 1.54) is 22.2 Å². The third-order valence-electron chi connectivity index (χ3n) is 6.30. The lowest BCUT2D eigenvalue weighted by atomic mass is 9.92. The molecule has 5 rings (SSSR count). The molecule has 0 saturated carbocycles. The lowest BCUT2D eigenvalue weighted by Gasteiger charge is -2.15. The molecule has 4 aromatic rings. The van der Waals surface area contributed by atoms with Crippen LogP contribution in [-0.2, 0) is 25.8 Å². The molecule has 0 spiro atoms. The summed E-state index contributed by atoms with van der Waals surface area (Å²) < 4.78 is 2.36. The number of aromatic nitrogens is 2. The van der Waals surface area contributed by atoms with Crippen LogP contribution in [0, 0.1) is 0 Å². The van der Waals surface area contributed by atoms with Crippen LogP contribution in [0.4, 0.5) is 0 Å². The Kier molecular flexibility index (Phi) is 5.11. The van der Waals surface area contributed by atoms with Crippen molar-refractivity contribution in [2.24, 2.45) is 0 Å². The standard InChI is InChI=1S/C28H28N2O/c1-3-8-27-29-25-11-6-7-12-26(25)30(27)18-20-13-16-24-22(17-20)15-14-21-9-4-5-10-23(21)28(24)19(2)31/h4-7,9-13,16-17,31H,3,8,14-15,18H2,1-2H3/b28-19+. The van der Waals surface area contributed by atoms with E-state index in [1.807, 2.05) is 0 Å². The third-order valence-corrected chi connectivity index (χ3v) is 6.30. The van der Waals surface area contributed by atoms with E-state index in [9.17, 15) is 5.11 Å². The number of para-hydroxylation sites is 2. The van der Waals surface area contributed by atoms with Gasteiger partial charge >= 0.3 is 0 Å². The van der Waals surface area contributed by atoms with E-state index in [0.717, 1.165) is 60.3 Å². The molecule has 0 unspecified atom stereocenters. The molecule has 0 aliphatic heterocycles. The number of hydrogen-bond donors (Lipinski definition) is 1. The van der Waals surface area contributed by atoms with E-state index in [4.69, 9.17) is 4.98 Å². The zero-order valence-corrected chi connectivity index (χ0v) is 18.2. The minimum absolute atomic E-state index is 0.384. The second-order valence-corrected chi connectivity index (χ2v) is 8.46.